The van der Waals surface area contributed by atoms with Crippen molar-refractivity contribution in [2.75, 3.05) is 13.7 Å². The third-order valence-electron chi connectivity index (χ3n) is 1.71. The minimum absolute atomic E-state index is 0.131. The van der Waals surface area contributed by atoms with Gasteiger partial charge in [0.15, 0.2) is 0 Å². The van der Waals surface area contributed by atoms with Gasteiger partial charge in [-0.15, -0.1) is 0 Å². The number of methoxy groups -OCH3 is 1. The molecule has 0 fully saturated rings. The number of nitrogens with zero attached hydrogens (tertiary/aromatic N) is 1. The van der Waals surface area contributed by atoms with Gasteiger partial charge in [0.25, 0.3) is 0 Å². The fourth-order valence-electron chi connectivity index (χ4n) is 1.01. The van der Waals surface area contributed by atoms with Crippen LogP contribution in [0.2, 0.25) is 5.15 Å². The Morgan fingerprint density at radius 3 is 3.07 bits per heavy atom. The summed E-state index contributed by atoms with van der Waals surface area (Å²) in [6, 6.07) is 1.60. The van der Waals surface area contributed by atoms with Gasteiger partial charge in [-0.2, -0.15) is 0 Å². The fourth-order valence-corrected chi connectivity index (χ4v) is 1.19. The molecule has 0 saturated heterocycles. The van der Waals surface area contributed by atoms with Gasteiger partial charge in [0.05, 0.1) is 12.7 Å². The quantitative estimate of drug-likeness (QED) is 0.627. The van der Waals surface area contributed by atoms with Crippen molar-refractivity contribution in [3.8, 4) is 0 Å². The molecule has 1 aromatic rings. The Kier molecular flexibility index (Phi) is 4.27. The van der Waals surface area contributed by atoms with Crippen LogP contribution in [0.1, 0.15) is 15.9 Å². The van der Waals surface area contributed by atoms with E-state index in [9.17, 15) is 4.79 Å². The van der Waals surface area contributed by atoms with E-state index in [1.807, 2.05) is 0 Å². The first kappa shape index (κ1) is 11.7. The SMILES string of the molecule is COC(=O)c1cc(C=CCN)cnc1Cl. The summed E-state index contributed by atoms with van der Waals surface area (Å²) in [5, 5.41) is 0.131. The molecule has 1 aromatic heterocycles. The Bertz CT molecular complexity index is 391. The molecule has 0 aliphatic rings. The van der Waals surface area contributed by atoms with E-state index in [4.69, 9.17) is 17.3 Å². The average Bonchev–Trinajstić information content (AvgIpc) is 2.27. The number of rotatable bonds is 3. The highest BCUT2D eigenvalue weighted by molar-refractivity contribution is 6.32. The van der Waals surface area contributed by atoms with Crippen LogP contribution in [0.3, 0.4) is 0 Å². The van der Waals surface area contributed by atoms with Crippen molar-refractivity contribution in [1.82, 2.24) is 4.98 Å². The molecule has 0 saturated carbocycles. The summed E-state index contributed by atoms with van der Waals surface area (Å²) < 4.78 is 4.56. The number of carbonyl (C=O) groups is 1. The summed E-state index contributed by atoms with van der Waals surface area (Å²) in [6.45, 7) is 0.427. The molecule has 4 nitrogen and oxygen atoms in total. The summed E-state index contributed by atoms with van der Waals surface area (Å²) in [5.41, 5.74) is 6.31. The molecule has 1 heterocycles. The topological polar surface area (TPSA) is 65.2 Å². The second kappa shape index (κ2) is 5.48. The summed E-state index contributed by atoms with van der Waals surface area (Å²) in [6.07, 6.45) is 5.07. The van der Waals surface area contributed by atoms with Crippen LogP contribution < -0.4 is 5.73 Å². The van der Waals surface area contributed by atoms with Gasteiger partial charge in [-0.05, 0) is 11.6 Å². The Morgan fingerprint density at radius 1 is 1.73 bits per heavy atom. The lowest BCUT2D eigenvalue weighted by molar-refractivity contribution is 0.0600. The summed E-state index contributed by atoms with van der Waals surface area (Å²) in [7, 11) is 1.29. The normalized spacial score (nSPS) is 10.6. The number of ether oxygens (including phenoxy) is 1. The molecule has 5 heteroatoms. The number of carbonyl (C=O) groups excluding carboxylic acids is 1. The summed E-state index contributed by atoms with van der Waals surface area (Å²) >= 11 is 5.74. The van der Waals surface area contributed by atoms with E-state index >= 15 is 0 Å². The Balaban J connectivity index is 3.05. The van der Waals surface area contributed by atoms with Crippen molar-refractivity contribution in [1.29, 1.82) is 0 Å². The van der Waals surface area contributed by atoms with Crippen molar-refractivity contribution in [2.45, 2.75) is 0 Å². The number of halogens is 1. The summed E-state index contributed by atoms with van der Waals surface area (Å²) in [4.78, 5) is 15.1. The Morgan fingerprint density at radius 2 is 2.47 bits per heavy atom. The predicted octanol–water partition coefficient (Wildman–Crippen LogP) is 1.49. The van der Waals surface area contributed by atoms with Crippen molar-refractivity contribution in [3.63, 3.8) is 0 Å². The van der Waals surface area contributed by atoms with Gasteiger partial charge >= 0.3 is 5.97 Å². The molecule has 0 unspecified atom stereocenters. The smallest absolute Gasteiger partial charge is 0.341 e. The highest BCUT2D eigenvalue weighted by atomic mass is 35.5. The van der Waals surface area contributed by atoms with Crippen molar-refractivity contribution < 1.29 is 9.53 Å². The minimum atomic E-state index is -0.504. The third kappa shape index (κ3) is 3.04. The van der Waals surface area contributed by atoms with E-state index < -0.39 is 5.97 Å². The largest absolute Gasteiger partial charge is 0.465 e. The van der Waals surface area contributed by atoms with E-state index in [0.717, 1.165) is 5.56 Å². The second-order valence-electron chi connectivity index (χ2n) is 2.74. The number of aromatic nitrogens is 1. The molecular weight excluding hydrogens is 216 g/mol. The third-order valence-corrected chi connectivity index (χ3v) is 2.01. The molecule has 0 aliphatic carbocycles. The molecule has 15 heavy (non-hydrogen) atoms. The lowest BCUT2D eigenvalue weighted by Gasteiger charge is -2.02. The van der Waals surface area contributed by atoms with Crippen LogP contribution in [0.5, 0.6) is 0 Å². The van der Waals surface area contributed by atoms with E-state index in [1.54, 1.807) is 24.4 Å². The molecule has 2 N–H and O–H groups in total. The number of hydrogen-bond acceptors (Lipinski definition) is 4. The zero-order valence-corrected chi connectivity index (χ0v) is 8.99. The first-order chi connectivity index (χ1) is 7.19. The molecule has 0 bridgehead atoms. The average molecular weight is 227 g/mol. The van der Waals surface area contributed by atoms with Crippen molar-refractivity contribution in [3.05, 3.63) is 34.6 Å². The number of hydrogen-bond donors (Lipinski definition) is 1. The zero-order valence-electron chi connectivity index (χ0n) is 8.24. The van der Waals surface area contributed by atoms with Gasteiger partial charge in [0, 0.05) is 12.7 Å². The highest BCUT2D eigenvalue weighted by Gasteiger charge is 2.11. The van der Waals surface area contributed by atoms with Crippen LogP contribution >= 0.6 is 11.6 Å². The van der Waals surface area contributed by atoms with Crippen LogP contribution in [0.15, 0.2) is 18.3 Å². The minimum Gasteiger partial charge on any atom is -0.465 e. The molecule has 0 amide bonds. The predicted molar refractivity (Wildman–Crippen MR) is 58.7 cm³/mol. The second-order valence-corrected chi connectivity index (χ2v) is 3.09. The molecule has 1 rings (SSSR count). The van der Waals surface area contributed by atoms with E-state index in [0.29, 0.717) is 6.54 Å². The number of esters is 1. The maximum Gasteiger partial charge on any atom is 0.341 e. The van der Waals surface area contributed by atoms with Crippen LogP contribution in [-0.4, -0.2) is 24.6 Å². The highest BCUT2D eigenvalue weighted by Crippen LogP contribution is 2.16. The van der Waals surface area contributed by atoms with E-state index in [2.05, 4.69) is 9.72 Å². The lowest BCUT2D eigenvalue weighted by atomic mass is 10.2. The van der Waals surface area contributed by atoms with Crippen molar-refractivity contribution >= 4 is 23.6 Å². The monoisotopic (exact) mass is 226 g/mol. The maximum absolute atomic E-state index is 11.3. The number of pyridine rings is 1. The maximum atomic E-state index is 11.3. The molecule has 0 atom stereocenters. The van der Waals surface area contributed by atoms with Gasteiger partial charge in [0.1, 0.15) is 5.15 Å². The first-order valence-electron chi connectivity index (χ1n) is 4.29. The Labute approximate surface area is 92.7 Å². The van der Waals surface area contributed by atoms with Crippen LogP contribution in [0, 0.1) is 0 Å². The summed E-state index contributed by atoms with van der Waals surface area (Å²) in [5.74, 6) is -0.504. The van der Waals surface area contributed by atoms with Crippen molar-refractivity contribution in [2.24, 2.45) is 5.73 Å². The molecule has 0 radical (unpaired) electrons. The number of nitrogens with two attached hydrogens (primary N) is 1. The van der Waals surface area contributed by atoms with Crippen LogP contribution in [0.4, 0.5) is 0 Å². The van der Waals surface area contributed by atoms with Gasteiger partial charge in [-0.1, -0.05) is 23.8 Å². The Hall–Kier alpha value is -1.39. The lowest BCUT2D eigenvalue weighted by Crippen LogP contribution is -2.03. The molecule has 80 valence electrons. The van der Waals surface area contributed by atoms with Crippen LogP contribution in [0.25, 0.3) is 6.08 Å². The van der Waals surface area contributed by atoms with E-state index in [1.165, 1.54) is 7.11 Å². The molecule has 0 spiro atoms. The van der Waals surface area contributed by atoms with Crippen LogP contribution in [-0.2, 0) is 4.74 Å². The van der Waals surface area contributed by atoms with Gasteiger partial charge < -0.3 is 10.5 Å². The molecule has 0 aliphatic heterocycles. The molecule has 0 aromatic carbocycles. The van der Waals surface area contributed by atoms with Gasteiger partial charge in [-0.25, -0.2) is 9.78 Å². The fraction of sp³-hybridized carbons (Fsp3) is 0.200. The van der Waals surface area contributed by atoms with E-state index in [-0.39, 0.29) is 10.7 Å². The first-order valence-corrected chi connectivity index (χ1v) is 4.67. The van der Waals surface area contributed by atoms with Gasteiger partial charge in [-0.3, -0.25) is 0 Å². The molecular formula is C10H11ClN2O2. The standard InChI is InChI=1S/C10H11ClN2O2/c1-15-10(14)8-5-7(3-2-4-12)6-13-9(8)11/h2-3,5-6H,4,12H2,1H3. The van der Waals surface area contributed by atoms with Gasteiger partial charge in [0.2, 0.25) is 0 Å². The zero-order chi connectivity index (χ0) is 11.3.